The molecule has 128 valence electrons. The highest BCUT2D eigenvalue weighted by atomic mass is 32.2. The Bertz CT molecular complexity index is 985. The Hall–Kier alpha value is -3.05. The number of nitrogens with zero attached hydrogens (tertiary/aromatic N) is 2. The van der Waals surface area contributed by atoms with Crippen LogP contribution < -0.4 is 0 Å². The Labute approximate surface area is 154 Å². The van der Waals surface area contributed by atoms with Gasteiger partial charge < -0.3 is 4.98 Å². The molecule has 4 nitrogen and oxygen atoms in total. The van der Waals surface area contributed by atoms with Crippen molar-refractivity contribution >= 4 is 10.8 Å². The van der Waals surface area contributed by atoms with Gasteiger partial charge >= 0.3 is 0 Å². The summed E-state index contributed by atoms with van der Waals surface area (Å²) in [5, 5.41) is 0. The summed E-state index contributed by atoms with van der Waals surface area (Å²) in [6.07, 6.45) is 5.23. The maximum Gasteiger partial charge on any atom is 0.138 e. The number of rotatable bonds is 4. The minimum Gasteiger partial charge on any atom is -0.337 e. The number of nitrogens with one attached hydrogen (secondary N) is 1. The lowest BCUT2D eigenvalue weighted by Gasteiger charge is -2.02. The first-order valence-electron chi connectivity index (χ1n) is 8.22. The van der Waals surface area contributed by atoms with E-state index in [4.69, 9.17) is 4.98 Å². The summed E-state index contributed by atoms with van der Waals surface area (Å²) in [7, 11) is -0.990. The Morgan fingerprint density at radius 2 is 1.50 bits per heavy atom. The molecular formula is C21H17N3OS. The molecule has 0 aliphatic heterocycles. The number of hydrogen-bond acceptors (Lipinski definition) is 3. The van der Waals surface area contributed by atoms with Gasteiger partial charge in [0.15, 0.2) is 0 Å². The fourth-order valence-electron chi connectivity index (χ4n) is 2.85. The zero-order chi connectivity index (χ0) is 17.9. The average Bonchev–Trinajstić information content (AvgIpc) is 3.15. The van der Waals surface area contributed by atoms with Crippen LogP contribution in [0.25, 0.3) is 33.9 Å². The third kappa shape index (κ3) is 3.21. The quantitative estimate of drug-likeness (QED) is 0.582. The van der Waals surface area contributed by atoms with Crippen LogP contribution in [0.4, 0.5) is 0 Å². The van der Waals surface area contributed by atoms with Gasteiger partial charge in [0.05, 0.1) is 11.4 Å². The van der Waals surface area contributed by atoms with Gasteiger partial charge in [-0.1, -0.05) is 42.5 Å². The molecule has 2 aromatic carbocycles. The molecule has 1 atom stereocenters. The molecule has 0 bridgehead atoms. The molecule has 0 aliphatic carbocycles. The monoisotopic (exact) mass is 359 g/mol. The molecule has 0 amide bonds. The third-order valence-corrected chi connectivity index (χ3v) is 5.12. The molecule has 1 N–H and O–H groups in total. The summed E-state index contributed by atoms with van der Waals surface area (Å²) in [5.74, 6) is 0.782. The van der Waals surface area contributed by atoms with Crippen molar-refractivity contribution in [3.63, 3.8) is 0 Å². The summed E-state index contributed by atoms with van der Waals surface area (Å²) in [6.45, 7) is 0. The zero-order valence-corrected chi connectivity index (χ0v) is 15.0. The number of aromatic amines is 1. The molecule has 0 aliphatic rings. The van der Waals surface area contributed by atoms with E-state index >= 15 is 0 Å². The molecule has 0 radical (unpaired) electrons. The van der Waals surface area contributed by atoms with E-state index in [-0.39, 0.29) is 0 Å². The van der Waals surface area contributed by atoms with E-state index in [1.165, 1.54) is 0 Å². The van der Waals surface area contributed by atoms with E-state index < -0.39 is 10.8 Å². The molecule has 2 heterocycles. The predicted molar refractivity (Wildman–Crippen MR) is 105 cm³/mol. The predicted octanol–water partition coefficient (Wildman–Crippen LogP) is 4.54. The Morgan fingerprint density at radius 3 is 2.15 bits per heavy atom. The van der Waals surface area contributed by atoms with Crippen molar-refractivity contribution in [2.24, 2.45) is 0 Å². The topological polar surface area (TPSA) is 58.6 Å². The fourth-order valence-corrected chi connectivity index (χ4v) is 3.37. The molecule has 0 saturated heterocycles. The lowest BCUT2D eigenvalue weighted by atomic mass is 10.1. The lowest BCUT2D eigenvalue weighted by Crippen LogP contribution is -1.87. The van der Waals surface area contributed by atoms with E-state index in [2.05, 4.69) is 9.97 Å². The Kier molecular flexibility index (Phi) is 4.46. The second-order valence-corrected chi connectivity index (χ2v) is 7.27. The van der Waals surface area contributed by atoms with Crippen LogP contribution in [0, 0.1) is 0 Å². The van der Waals surface area contributed by atoms with Crippen molar-refractivity contribution in [1.82, 2.24) is 15.0 Å². The molecule has 0 fully saturated rings. The first-order valence-corrected chi connectivity index (χ1v) is 9.78. The van der Waals surface area contributed by atoms with Crippen LogP contribution in [0.15, 0.2) is 84.0 Å². The highest BCUT2D eigenvalue weighted by Crippen LogP contribution is 2.32. The second-order valence-electron chi connectivity index (χ2n) is 5.89. The first kappa shape index (κ1) is 16.4. The highest BCUT2D eigenvalue weighted by molar-refractivity contribution is 7.84. The molecule has 26 heavy (non-hydrogen) atoms. The summed E-state index contributed by atoms with van der Waals surface area (Å²) < 4.78 is 11.6. The molecule has 4 aromatic rings. The number of benzene rings is 2. The summed E-state index contributed by atoms with van der Waals surface area (Å²) in [6, 6.07) is 21.7. The normalized spacial score (nSPS) is 12.0. The molecule has 5 heteroatoms. The first-order chi connectivity index (χ1) is 12.7. The van der Waals surface area contributed by atoms with Crippen LogP contribution in [0.3, 0.4) is 0 Å². The Balaban J connectivity index is 1.85. The Morgan fingerprint density at radius 1 is 0.808 bits per heavy atom. The largest absolute Gasteiger partial charge is 0.337 e. The molecule has 0 saturated carbocycles. The van der Waals surface area contributed by atoms with Crippen molar-refractivity contribution in [2.45, 2.75) is 4.90 Å². The van der Waals surface area contributed by atoms with Crippen LogP contribution >= 0.6 is 0 Å². The molecular weight excluding hydrogens is 342 g/mol. The maximum absolute atomic E-state index is 11.6. The van der Waals surface area contributed by atoms with Gasteiger partial charge in [-0.25, -0.2) is 4.98 Å². The van der Waals surface area contributed by atoms with Gasteiger partial charge in [0.25, 0.3) is 0 Å². The second kappa shape index (κ2) is 7.06. The number of hydrogen-bond donors (Lipinski definition) is 1. The van der Waals surface area contributed by atoms with E-state index in [0.717, 1.165) is 38.8 Å². The highest BCUT2D eigenvalue weighted by Gasteiger charge is 2.15. The van der Waals surface area contributed by atoms with Crippen LogP contribution in [0.5, 0.6) is 0 Å². The molecule has 4 rings (SSSR count). The minimum atomic E-state index is -0.990. The van der Waals surface area contributed by atoms with Crippen molar-refractivity contribution in [3.05, 3.63) is 79.1 Å². The van der Waals surface area contributed by atoms with Gasteiger partial charge in [0.1, 0.15) is 5.82 Å². The minimum absolute atomic E-state index is 0.782. The molecule has 2 aromatic heterocycles. The third-order valence-electron chi connectivity index (χ3n) is 4.18. The van der Waals surface area contributed by atoms with Gasteiger partial charge in [0, 0.05) is 51.0 Å². The molecule has 0 spiro atoms. The van der Waals surface area contributed by atoms with Gasteiger partial charge in [-0.15, -0.1) is 0 Å². The van der Waals surface area contributed by atoms with E-state index in [9.17, 15) is 4.21 Å². The van der Waals surface area contributed by atoms with E-state index in [1.54, 1.807) is 18.6 Å². The number of pyridine rings is 1. The number of aromatic nitrogens is 3. The van der Waals surface area contributed by atoms with Gasteiger partial charge in [-0.3, -0.25) is 9.19 Å². The number of H-pyrrole nitrogens is 1. The number of imidazole rings is 1. The summed E-state index contributed by atoms with van der Waals surface area (Å²) >= 11 is 0. The maximum atomic E-state index is 11.6. The lowest BCUT2D eigenvalue weighted by molar-refractivity contribution is 0.687. The standard InChI is InChI=1S/C21H17N3OS/c1-26(25)18-9-7-17(8-10-18)21-23-19(15-5-3-2-4-6-15)20(24-21)16-11-13-22-14-12-16/h2-14H,1H3,(H,23,24). The van der Waals surface area contributed by atoms with Crippen molar-refractivity contribution in [2.75, 3.05) is 6.26 Å². The molecule has 1 unspecified atom stereocenters. The SMILES string of the molecule is CS(=O)c1ccc(-c2nc(-c3ccccc3)c(-c3ccncc3)[nH]2)cc1. The summed E-state index contributed by atoms with van der Waals surface area (Å²) in [4.78, 5) is 13.2. The van der Waals surface area contributed by atoms with Crippen LogP contribution in [0.1, 0.15) is 0 Å². The van der Waals surface area contributed by atoms with Gasteiger partial charge in [-0.05, 0) is 24.3 Å². The van der Waals surface area contributed by atoms with Crippen LogP contribution in [-0.2, 0) is 10.8 Å². The fraction of sp³-hybridized carbons (Fsp3) is 0.0476. The average molecular weight is 359 g/mol. The zero-order valence-electron chi connectivity index (χ0n) is 14.2. The van der Waals surface area contributed by atoms with Crippen LogP contribution in [0.2, 0.25) is 0 Å². The van der Waals surface area contributed by atoms with Gasteiger partial charge in [0.2, 0.25) is 0 Å². The van der Waals surface area contributed by atoms with Gasteiger partial charge in [-0.2, -0.15) is 0 Å². The van der Waals surface area contributed by atoms with E-state index in [1.807, 2.05) is 66.7 Å². The van der Waals surface area contributed by atoms with Crippen molar-refractivity contribution in [1.29, 1.82) is 0 Å². The van der Waals surface area contributed by atoms with E-state index in [0.29, 0.717) is 0 Å². The summed E-state index contributed by atoms with van der Waals surface area (Å²) in [5.41, 5.74) is 4.89. The van der Waals surface area contributed by atoms with Crippen LogP contribution in [-0.4, -0.2) is 25.4 Å². The van der Waals surface area contributed by atoms with Crippen molar-refractivity contribution < 1.29 is 4.21 Å². The van der Waals surface area contributed by atoms with Crippen molar-refractivity contribution in [3.8, 4) is 33.9 Å². The smallest absolute Gasteiger partial charge is 0.138 e.